The van der Waals surface area contributed by atoms with Crippen molar-refractivity contribution in [2.24, 2.45) is 0 Å². The lowest BCUT2D eigenvalue weighted by atomic mass is 10.1. The van der Waals surface area contributed by atoms with Gasteiger partial charge in [-0.05, 0) is 42.5 Å². The number of fused-ring (bicyclic) bond motifs is 3. The zero-order valence-corrected chi connectivity index (χ0v) is 15.2. The minimum atomic E-state index is -0.361. The molecule has 3 aromatic carbocycles. The lowest BCUT2D eigenvalue weighted by molar-refractivity contribution is 0.603. The van der Waals surface area contributed by atoms with Crippen molar-refractivity contribution in [3.8, 4) is 11.3 Å². The Labute approximate surface area is 164 Å². The molecule has 0 fully saturated rings. The van der Waals surface area contributed by atoms with Gasteiger partial charge in [0.1, 0.15) is 11.6 Å². The molecule has 0 spiro atoms. The molecule has 6 heteroatoms. The van der Waals surface area contributed by atoms with E-state index >= 15 is 0 Å². The fourth-order valence-electron chi connectivity index (χ4n) is 3.59. The molecular weight excluding hydrogens is 372 g/mol. The summed E-state index contributed by atoms with van der Waals surface area (Å²) >= 11 is 0. The van der Waals surface area contributed by atoms with E-state index in [1.54, 1.807) is 30.3 Å². The van der Waals surface area contributed by atoms with Crippen LogP contribution in [0.15, 0.2) is 83.7 Å². The maximum absolute atomic E-state index is 14.3. The van der Waals surface area contributed by atoms with Crippen LogP contribution in [0.25, 0.3) is 28.1 Å². The summed E-state index contributed by atoms with van der Waals surface area (Å²) in [6, 6.07) is 21.2. The molecule has 0 radical (unpaired) electrons. The van der Waals surface area contributed by atoms with Crippen LogP contribution in [0.5, 0.6) is 0 Å². The molecule has 0 aliphatic heterocycles. The first-order valence-electron chi connectivity index (χ1n) is 9.12. The van der Waals surface area contributed by atoms with Gasteiger partial charge in [0.15, 0.2) is 0 Å². The molecule has 2 aromatic heterocycles. The summed E-state index contributed by atoms with van der Waals surface area (Å²) in [6.45, 7) is 0.225. The van der Waals surface area contributed by atoms with E-state index in [0.29, 0.717) is 28.1 Å². The number of nitrogens with zero attached hydrogens (tertiary/aromatic N) is 3. The highest BCUT2D eigenvalue weighted by Gasteiger charge is 2.16. The number of benzene rings is 3. The highest BCUT2D eigenvalue weighted by Crippen LogP contribution is 2.23. The minimum Gasteiger partial charge on any atom is -0.305 e. The summed E-state index contributed by atoms with van der Waals surface area (Å²) in [5, 5.41) is 0. The normalized spacial score (nSPS) is 11.4. The van der Waals surface area contributed by atoms with Gasteiger partial charge < -0.3 is 4.57 Å². The maximum Gasteiger partial charge on any atom is 0.260 e. The lowest BCUT2D eigenvalue weighted by Gasteiger charge is -2.08. The molecule has 0 bridgehead atoms. The van der Waals surface area contributed by atoms with Crippen molar-refractivity contribution < 1.29 is 8.78 Å². The second kappa shape index (κ2) is 6.67. The van der Waals surface area contributed by atoms with Gasteiger partial charge in [-0.15, -0.1) is 0 Å². The van der Waals surface area contributed by atoms with Crippen molar-refractivity contribution in [3.63, 3.8) is 0 Å². The monoisotopic (exact) mass is 387 g/mol. The van der Waals surface area contributed by atoms with E-state index in [9.17, 15) is 13.6 Å². The second-order valence-corrected chi connectivity index (χ2v) is 6.79. The summed E-state index contributed by atoms with van der Waals surface area (Å²) in [5.41, 5.74) is 2.79. The molecule has 0 aliphatic carbocycles. The standard InChI is InChI=1S/C23H15F2N3O/c24-17-11-9-15(10-12-17)19-13-22(29)28-21-8-4-3-7-20(21)27(23(28)26-19)14-16-5-1-2-6-18(16)25/h1-13H,14H2. The number of aromatic nitrogens is 3. The number of hydrogen-bond acceptors (Lipinski definition) is 2. The molecule has 0 saturated heterocycles. The third-order valence-electron chi connectivity index (χ3n) is 4.98. The van der Waals surface area contributed by atoms with E-state index in [1.807, 2.05) is 28.8 Å². The molecule has 5 aromatic rings. The molecule has 0 atom stereocenters. The molecule has 0 saturated carbocycles. The topological polar surface area (TPSA) is 39.3 Å². The first kappa shape index (κ1) is 17.3. The Bertz CT molecular complexity index is 1420. The summed E-state index contributed by atoms with van der Waals surface area (Å²) in [5.74, 6) is -0.276. The van der Waals surface area contributed by atoms with Crippen LogP contribution in [0, 0.1) is 11.6 Å². The van der Waals surface area contributed by atoms with Crippen molar-refractivity contribution in [2.75, 3.05) is 0 Å². The van der Waals surface area contributed by atoms with Gasteiger partial charge in [-0.2, -0.15) is 0 Å². The zero-order valence-electron chi connectivity index (χ0n) is 15.2. The van der Waals surface area contributed by atoms with Crippen LogP contribution in [0.4, 0.5) is 8.78 Å². The van der Waals surface area contributed by atoms with Crippen LogP contribution < -0.4 is 5.56 Å². The molecule has 0 amide bonds. The Morgan fingerprint density at radius 1 is 0.828 bits per heavy atom. The molecule has 29 heavy (non-hydrogen) atoms. The van der Waals surface area contributed by atoms with Gasteiger partial charge in [0.2, 0.25) is 5.78 Å². The predicted octanol–water partition coefficient (Wildman–Crippen LogP) is 4.64. The van der Waals surface area contributed by atoms with Crippen LogP contribution in [-0.2, 0) is 6.54 Å². The van der Waals surface area contributed by atoms with E-state index < -0.39 is 0 Å². The number of rotatable bonds is 3. The van der Waals surface area contributed by atoms with Crippen molar-refractivity contribution in [1.29, 1.82) is 0 Å². The van der Waals surface area contributed by atoms with Crippen LogP contribution >= 0.6 is 0 Å². The van der Waals surface area contributed by atoms with E-state index in [-0.39, 0.29) is 23.7 Å². The molecule has 4 nitrogen and oxygen atoms in total. The van der Waals surface area contributed by atoms with Gasteiger partial charge in [0.25, 0.3) is 5.56 Å². The first-order valence-corrected chi connectivity index (χ1v) is 9.12. The third-order valence-corrected chi connectivity index (χ3v) is 4.98. The molecule has 0 aliphatic rings. The van der Waals surface area contributed by atoms with Crippen LogP contribution in [0.3, 0.4) is 0 Å². The summed E-state index contributed by atoms with van der Waals surface area (Å²) in [7, 11) is 0. The largest absolute Gasteiger partial charge is 0.305 e. The van der Waals surface area contributed by atoms with Crippen molar-refractivity contribution in [2.45, 2.75) is 6.54 Å². The van der Waals surface area contributed by atoms with Crippen molar-refractivity contribution >= 4 is 16.8 Å². The number of hydrogen-bond donors (Lipinski definition) is 0. The molecule has 5 rings (SSSR count). The quantitative estimate of drug-likeness (QED) is 0.452. The van der Waals surface area contributed by atoms with E-state index in [1.165, 1.54) is 28.7 Å². The molecule has 2 heterocycles. The first-order chi connectivity index (χ1) is 14.1. The Morgan fingerprint density at radius 2 is 1.52 bits per heavy atom. The number of para-hydroxylation sites is 2. The lowest BCUT2D eigenvalue weighted by Crippen LogP contribution is -2.15. The average Bonchev–Trinajstić information content (AvgIpc) is 3.04. The number of imidazole rings is 1. The van der Waals surface area contributed by atoms with Gasteiger partial charge in [-0.3, -0.25) is 4.79 Å². The summed E-state index contributed by atoms with van der Waals surface area (Å²) in [4.78, 5) is 17.6. The van der Waals surface area contributed by atoms with Crippen LogP contribution in [0.2, 0.25) is 0 Å². The molecule has 0 unspecified atom stereocenters. The SMILES string of the molecule is O=c1cc(-c2ccc(F)cc2)nc2n(Cc3ccccc3F)c3ccccc3n12. The summed E-state index contributed by atoms with van der Waals surface area (Å²) in [6.07, 6.45) is 0. The fraction of sp³-hybridized carbons (Fsp3) is 0.0435. The van der Waals surface area contributed by atoms with Crippen molar-refractivity contribution in [3.05, 3.63) is 106 Å². The van der Waals surface area contributed by atoms with E-state index in [2.05, 4.69) is 4.98 Å². The van der Waals surface area contributed by atoms with E-state index in [4.69, 9.17) is 0 Å². The minimum absolute atomic E-state index is 0.225. The molecular formula is C23H15F2N3O. The Morgan fingerprint density at radius 3 is 2.28 bits per heavy atom. The zero-order chi connectivity index (χ0) is 20.0. The highest BCUT2D eigenvalue weighted by atomic mass is 19.1. The van der Waals surface area contributed by atoms with E-state index in [0.717, 1.165) is 5.52 Å². The van der Waals surface area contributed by atoms with Gasteiger partial charge in [0, 0.05) is 17.2 Å². The van der Waals surface area contributed by atoms with Gasteiger partial charge in [0.05, 0.1) is 23.3 Å². The summed E-state index contributed by atoms with van der Waals surface area (Å²) < 4.78 is 30.9. The average molecular weight is 387 g/mol. The highest BCUT2D eigenvalue weighted by molar-refractivity contribution is 5.81. The molecule has 142 valence electrons. The Kier molecular flexibility index (Phi) is 3.98. The van der Waals surface area contributed by atoms with Crippen LogP contribution in [0.1, 0.15) is 5.56 Å². The fourth-order valence-corrected chi connectivity index (χ4v) is 3.59. The molecule has 0 N–H and O–H groups in total. The van der Waals surface area contributed by atoms with Gasteiger partial charge in [-0.25, -0.2) is 18.2 Å². The second-order valence-electron chi connectivity index (χ2n) is 6.79. The smallest absolute Gasteiger partial charge is 0.260 e. The number of halogens is 2. The van der Waals surface area contributed by atoms with Gasteiger partial charge in [-0.1, -0.05) is 30.3 Å². The predicted molar refractivity (Wildman–Crippen MR) is 108 cm³/mol. The van der Waals surface area contributed by atoms with Crippen LogP contribution in [-0.4, -0.2) is 14.0 Å². The third kappa shape index (κ3) is 2.89. The van der Waals surface area contributed by atoms with Gasteiger partial charge >= 0.3 is 0 Å². The maximum atomic E-state index is 14.3. The van der Waals surface area contributed by atoms with Crippen molar-refractivity contribution in [1.82, 2.24) is 14.0 Å². The Balaban J connectivity index is 1.80. The Hall–Kier alpha value is -3.80.